The summed E-state index contributed by atoms with van der Waals surface area (Å²) in [6.07, 6.45) is 1.61. The molecular formula is C21H23N3O3. The Balaban J connectivity index is 1.80. The lowest BCUT2D eigenvalue weighted by Gasteiger charge is -2.03. The first-order chi connectivity index (χ1) is 13.0. The fourth-order valence-corrected chi connectivity index (χ4v) is 3.00. The van der Waals surface area contributed by atoms with E-state index in [1.165, 1.54) is 0 Å². The molecule has 0 aliphatic heterocycles. The summed E-state index contributed by atoms with van der Waals surface area (Å²) >= 11 is 0. The Morgan fingerprint density at radius 1 is 1.19 bits per heavy atom. The van der Waals surface area contributed by atoms with Crippen LogP contribution in [0.25, 0.3) is 10.9 Å². The second kappa shape index (κ2) is 7.95. The number of rotatable bonds is 6. The van der Waals surface area contributed by atoms with Gasteiger partial charge in [-0.3, -0.25) is 4.79 Å². The van der Waals surface area contributed by atoms with Crippen molar-refractivity contribution < 1.29 is 14.3 Å². The molecule has 0 fully saturated rings. The smallest absolute Gasteiger partial charge is 0.273 e. The third kappa shape index (κ3) is 3.79. The highest BCUT2D eigenvalue weighted by Crippen LogP contribution is 2.28. The van der Waals surface area contributed by atoms with Crippen LogP contribution in [0.3, 0.4) is 0 Å². The van der Waals surface area contributed by atoms with Gasteiger partial charge in [-0.15, -0.1) is 0 Å². The molecule has 1 heterocycles. The summed E-state index contributed by atoms with van der Waals surface area (Å²) in [5, 5.41) is 4.92. The highest BCUT2D eigenvalue weighted by Gasteiger charge is 2.18. The predicted molar refractivity (Wildman–Crippen MR) is 107 cm³/mol. The number of aryl methyl sites for hydroxylation is 1. The van der Waals surface area contributed by atoms with Crippen molar-refractivity contribution in [3.8, 4) is 11.5 Å². The van der Waals surface area contributed by atoms with Crippen molar-refractivity contribution in [2.24, 2.45) is 12.1 Å². The summed E-state index contributed by atoms with van der Waals surface area (Å²) in [6.45, 7) is 4.48. The number of benzene rings is 2. The first-order valence-electron chi connectivity index (χ1n) is 8.74. The van der Waals surface area contributed by atoms with Gasteiger partial charge in [-0.1, -0.05) is 0 Å². The molecule has 1 N–H and O–H groups in total. The quantitative estimate of drug-likeness (QED) is 0.536. The molecule has 0 aliphatic rings. The van der Waals surface area contributed by atoms with Crippen molar-refractivity contribution in [2.45, 2.75) is 13.8 Å². The Bertz CT molecular complexity index is 988. The highest BCUT2D eigenvalue weighted by molar-refractivity contribution is 6.08. The number of nitrogens with one attached hydrogen (secondary N) is 1. The number of amides is 1. The van der Waals surface area contributed by atoms with Crippen molar-refractivity contribution in [1.82, 2.24) is 9.99 Å². The molecule has 3 aromatic rings. The van der Waals surface area contributed by atoms with Crippen LogP contribution in [0, 0.1) is 6.92 Å². The molecule has 0 atom stereocenters. The fourth-order valence-electron chi connectivity index (χ4n) is 3.00. The number of hydrogen-bond acceptors (Lipinski definition) is 4. The summed E-state index contributed by atoms with van der Waals surface area (Å²) in [6, 6.07) is 13.2. The maximum atomic E-state index is 12.7. The van der Waals surface area contributed by atoms with E-state index in [1.54, 1.807) is 13.3 Å². The summed E-state index contributed by atoms with van der Waals surface area (Å²) < 4.78 is 12.7. The lowest BCUT2D eigenvalue weighted by molar-refractivity contribution is 0.0956. The van der Waals surface area contributed by atoms with Gasteiger partial charge in [0.05, 0.1) is 25.5 Å². The first-order valence-corrected chi connectivity index (χ1v) is 8.74. The molecule has 27 heavy (non-hydrogen) atoms. The minimum Gasteiger partial charge on any atom is -0.497 e. The monoisotopic (exact) mass is 365 g/mol. The third-order valence-corrected chi connectivity index (χ3v) is 4.50. The molecule has 0 spiro atoms. The number of fused-ring (bicyclic) bond motifs is 1. The minimum absolute atomic E-state index is 0.256. The number of hydrazone groups is 1. The fraction of sp³-hybridized carbons (Fsp3) is 0.238. The first kappa shape index (κ1) is 18.5. The van der Waals surface area contributed by atoms with Crippen molar-refractivity contribution in [3.05, 3.63) is 59.3 Å². The lowest BCUT2D eigenvalue weighted by atomic mass is 10.1. The largest absolute Gasteiger partial charge is 0.497 e. The Morgan fingerprint density at radius 3 is 2.56 bits per heavy atom. The molecule has 0 unspecified atom stereocenters. The summed E-state index contributed by atoms with van der Waals surface area (Å²) in [4.78, 5) is 12.7. The maximum absolute atomic E-state index is 12.7. The molecule has 0 saturated carbocycles. The predicted octanol–water partition coefficient (Wildman–Crippen LogP) is 3.66. The average molecular weight is 365 g/mol. The molecular weight excluding hydrogens is 342 g/mol. The van der Waals surface area contributed by atoms with Gasteiger partial charge in [-0.25, -0.2) is 5.43 Å². The van der Waals surface area contributed by atoms with Gasteiger partial charge >= 0.3 is 0 Å². The number of carbonyl (C=O) groups excluding carboxylic acids is 1. The van der Waals surface area contributed by atoms with E-state index < -0.39 is 0 Å². The van der Waals surface area contributed by atoms with Crippen molar-refractivity contribution in [3.63, 3.8) is 0 Å². The van der Waals surface area contributed by atoms with Crippen LogP contribution in [0.1, 0.15) is 28.5 Å². The lowest BCUT2D eigenvalue weighted by Crippen LogP contribution is -2.18. The van der Waals surface area contributed by atoms with E-state index in [2.05, 4.69) is 10.5 Å². The molecule has 140 valence electrons. The molecule has 0 radical (unpaired) electrons. The van der Waals surface area contributed by atoms with Crippen LogP contribution >= 0.6 is 0 Å². The van der Waals surface area contributed by atoms with Crippen molar-refractivity contribution in [2.75, 3.05) is 13.7 Å². The minimum atomic E-state index is -0.256. The van der Waals surface area contributed by atoms with Crippen molar-refractivity contribution in [1.29, 1.82) is 0 Å². The molecule has 2 aromatic carbocycles. The number of methoxy groups -OCH3 is 1. The molecule has 6 nitrogen and oxygen atoms in total. The Hall–Kier alpha value is -3.28. The number of ether oxygens (including phenoxy) is 2. The average Bonchev–Trinajstić information content (AvgIpc) is 2.93. The summed E-state index contributed by atoms with van der Waals surface area (Å²) in [7, 11) is 3.54. The van der Waals surface area contributed by atoms with Crippen LogP contribution in [-0.4, -0.2) is 30.4 Å². The SMILES string of the molecule is CCOc1ccc(C=NNC(=O)c2c(C)n(C)c3ccc(OC)cc23)cc1. The normalized spacial score (nSPS) is 11.1. The van der Waals surface area contributed by atoms with Crippen LogP contribution in [0.15, 0.2) is 47.6 Å². The molecule has 0 saturated heterocycles. The third-order valence-electron chi connectivity index (χ3n) is 4.50. The standard InChI is InChI=1S/C21H23N3O3/c1-5-27-16-8-6-15(7-9-16)13-22-23-21(25)20-14(2)24(3)19-11-10-17(26-4)12-18(19)20/h6-13H,5H2,1-4H3,(H,23,25). The summed E-state index contributed by atoms with van der Waals surface area (Å²) in [5.41, 5.74) is 5.91. The van der Waals surface area contributed by atoms with Gasteiger partial charge in [0.25, 0.3) is 5.91 Å². The molecule has 1 amide bonds. The topological polar surface area (TPSA) is 64.8 Å². The second-order valence-electron chi connectivity index (χ2n) is 6.10. The molecule has 0 bridgehead atoms. The van der Waals surface area contributed by atoms with Crippen LogP contribution < -0.4 is 14.9 Å². The van der Waals surface area contributed by atoms with Crippen LogP contribution in [0.4, 0.5) is 0 Å². The Kier molecular flexibility index (Phi) is 5.45. The van der Waals surface area contributed by atoms with Gasteiger partial charge in [-0.05, 0) is 61.9 Å². The Morgan fingerprint density at radius 2 is 1.89 bits per heavy atom. The number of carbonyl (C=O) groups is 1. The van der Waals surface area contributed by atoms with Crippen molar-refractivity contribution >= 4 is 23.0 Å². The number of aromatic nitrogens is 1. The van der Waals surface area contributed by atoms with Gasteiger partial charge in [0.2, 0.25) is 0 Å². The zero-order valence-corrected chi connectivity index (χ0v) is 15.9. The van der Waals surface area contributed by atoms with Gasteiger partial charge in [0.1, 0.15) is 11.5 Å². The number of nitrogens with zero attached hydrogens (tertiary/aromatic N) is 2. The maximum Gasteiger partial charge on any atom is 0.273 e. The van der Waals surface area contributed by atoms with E-state index >= 15 is 0 Å². The van der Waals surface area contributed by atoms with Gasteiger partial charge < -0.3 is 14.0 Å². The Labute approximate surface area is 158 Å². The summed E-state index contributed by atoms with van der Waals surface area (Å²) in [5.74, 6) is 1.26. The van der Waals surface area contributed by atoms with E-state index in [0.717, 1.165) is 27.9 Å². The zero-order chi connectivity index (χ0) is 19.4. The van der Waals surface area contributed by atoms with E-state index in [4.69, 9.17) is 9.47 Å². The van der Waals surface area contributed by atoms with E-state index in [-0.39, 0.29) is 5.91 Å². The van der Waals surface area contributed by atoms with Crippen LogP contribution in [0.5, 0.6) is 11.5 Å². The molecule has 3 rings (SSSR count). The number of hydrogen-bond donors (Lipinski definition) is 1. The van der Waals surface area contributed by atoms with E-state index in [9.17, 15) is 4.79 Å². The van der Waals surface area contributed by atoms with E-state index in [0.29, 0.717) is 17.9 Å². The molecule has 1 aromatic heterocycles. The van der Waals surface area contributed by atoms with Gasteiger partial charge in [0, 0.05) is 23.6 Å². The molecule has 0 aliphatic carbocycles. The zero-order valence-electron chi connectivity index (χ0n) is 15.9. The molecule has 6 heteroatoms. The van der Waals surface area contributed by atoms with Gasteiger partial charge in [-0.2, -0.15) is 5.10 Å². The van der Waals surface area contributed by atoms with Crippen LogP contribution in [0.2, 0.25) is 0 Å². The van der Waals surface area contributed by atoms with E-state index in [1.807, 2.05) is 67.9 Å². The van der Waals surface area contributed by atoms with Gasteiger partial charge in [0.15, 0.2) is 0 Å². The highest BCUT2D eigenvalue weighted by atomic mass is 16.5. The second-order valence-corrected chi connectivity index (χ2v) is 6.10. The van der Waals surface area contributed by atoms with Crippen LogP contribution in [-0.2, 0) is 7.05 Å².